The zero-order valence-corrected chi connectivity index (χ0v) is 11.9. The van der Waals surface area contributed by atoms with Crippen LogP contribution in [0.4, 0.5) is 0 Å². The first-order valence-corrected chi connectivity index (χ1v) is 6.92. The van der Waals surface area contributed by atoms with Crippen LogP contribution in [-0.2, 0) is 4.79 Å². The number of aliphatic carboxylic acids is 1. The van der Waals surface area contributed by atoms with Gasteiger partial charge in [-0.25, -0.2) is 0 Å². The monoisotopic (exact) mass is 273 g/mol. The standard InChI is InChI=1S/C12H23N3O2S/c1-3-9(11(13)18)14-5-7-15(8-6-14)10(4-2)12(16)17/h9-10H,3-8H2,1-2H3,(H2,13,18)(H,16,17). The molecule has 0 spiro atoms. The molecule has 0 aliphatic carbocycles. The Balaban J connectivity index is 2.54. The van der Waals surface area contributed by atoms with E-state index in [2.05, 4.69) is 11.8 Å². The van der Waals surface area contributed by atoms with Crippen LogP contribution in [0.3, 0.4) is 0 Å². The first kappa shape index (κ1) is 15.3. The summed E-state index contributed by atoms with van der Waals surface area (Å²) in [6.07, 6.45) is 1.55. The molecule has 1 heterocycles. The highest BCUT2D eigenvalue weighted by molar-refractivity contribution is 7.80. The number of carboxylic acid groups (broad SMARTS) is 1. The molecule has 104 valence electrons. The van der Waals surface area contributed by atoms with E-state index >= 15 is 0 Å². The molecule has 0 aromatic heterocycles. The van der Waals surface area contributed by atoms with Gasteiger partial charge in [0.25, 0.3) is 0 Å². The third kappa shape index (κ3) is 3.63. The molecule has 2 unspecified atom stereocenters. The Kier molecular flexibility index (Phi) is 5.98. The van der Waals surface area contributed by atoms with Crippen molar-refractivity contribution in [3.8, 4) is 0 Å². The molecule has 1 aliphatic heterocycles. The van der Waals surface area contributed by atoms with E-state index in [0.29, 0.717) is 11.4 Å². The van der Waals surface area contributed by atoms with E-state index in [4.69, 9.17) is 23.1 Å². The first-order chi connectivity index (χ1) is 8.51. The summed E-state index contributed by atoms with van der Waals surface area (Å²) in [6.45, 7) is 7.18. The van der Waals surface area contributed by atoms with Gasteiger partial charge in [-0.3, -0.25) is 14.6 Å². The van der Waals surface area contributed by atoms with Gasteiger partial charge in [0, 0.05) is 26.2 Å². The smallest absolute Gasteiger partial charge is 0.320 e. The topological polar surface area (TPSA) is 69.8 Å². The minimum Gasteiger partial charge on any atom is -0.480 e. The highest BCUT2D eigenvalue weighted by Crippen LogP contribution is 2.13. The molecule has 1 fully saturated rings. The molecule has 0 aromatic carbocycles. The molecule has 3 N–H and O–H groups in total. The van der Waals surface area contributed by atoms with Crippen molar-refractivity contribution in [3.05, 3.63) is 0 Å². The molecule has 2 atom stereocenters. The molecular weight excluding hydrogens is 250 g/mol. The number of hydrogen-bond acceptors (Lipinski definition) is 4. The van der Waals surface area contributed by atoms with Crippen LogP contribution in [0.2, 0.25) is 0 Å². The number of piperazine rings is 1. The van der Waals surface area contributed by atoms with Crippen molar-refractivity contribution in [1.82, 2.24) is 9.80 Å². The summed E-state index contributed by atoms with van der Waals surface area (Å²) in [4.78, 5) is 15.9. The Hall–Kier alpha value is -0.720. The van der Waals surface area contributed by atoms with Crippen LogP contribution < -0.4 is 5.73 Å². The molecule has 0 aromatic rings. The van der Waals surface area contributed by atoms with E-state index in [9.17, 15) is 4.79 Å². The number of rotatable bonds is 6. The second-order valence-corrected chi connectivity index (χ2v) is 5.13. The predicted molar refractivity (Wildman–Crippen MR) is 75.7 cm³/mol. The maximum absolute atomic E-state index is 11.1. The van der Waals surface area contributed by atoms with Gasteiger partial charge in [0.1, 0.15) is 6.04 Å². The minimum absolute atomic E-state index is 0.145. The summed E-state index contributed by atoms with van der Waals surface area (Å²) < 4.78 is 0. The van der Waals surface area contributed by atoms with Crippen LogP contribution >= 0.6 is 12.2 Å². The predicted octanol–water partition coefficient (Wildman–Crippen LogP) is 0.532. The maximum Gasteiger partial charge on any atom is 0.320 e. The molecule has 1 saturated heterocycles. The fourth-order valence-corrected chi connectivity index (χ4v) is 2.90. The zero-order chi connectivity index (χ0) is 13.7. The van der Waals surface area contributed by atoms with Gasteiger partial charge in [-0.1, -0.05) is 26.1 Å². The van der Waals surface area contributed by atoms with E-state index in [0.717, 1.165) is 32.6 Å². The molecule has 0 radical (unpaired) electrons. The van der Waals surface area contributed by atoms with Gasteiger partial charge in [0.2, 0.25) is 0 Å². The summed E-state index contributed by atoms with van der Waals surface area (Å²) in [6, 6.07) is -0.218. The Morgan fingerprint density at radius 1 is 1.17 bits per heavy atom. The Labute approximate surface area is 114 Å². The molecular formula is C12H23N3O2S. The normalized spacial score (nSPS) is 21.4. The van der Waals surface area contributed by atoms with Crippen LogP contribution in [-0.4, -0.2) is 64.1 Å². The summed E-state index contributed by atoms with van der Waals surface area (Å²) in [7, 11) is 0. The SMILES string of the molecule is CCC(C(=O)O)N1CCN(C(CC)C(N)=S)CC1. The summed E-state index contributed by atoms with van der Waals surface area (Å²) >= 11 is 5.07. The molecule has 0 amide bonds. The van der Waals surface area contributed by atoms with Crippen molar-refractivity contribution < 1.29 is 9.90 Å². The van der Waals surface area contributed by atoms with Crippen molar-refractivity contribution >= 4 is 23.2 Å². The van der Waals surface area contributed by atoms with Crippen molar-refractivity contribution in [2.75, 3.05) is 26.2 Å². The highest BCUT2D eigenvalue weighted by Gasteiger charge is 2.30. The van der Waals surface area contributed by atoms with Gasteiger partial charge in [-0.2, -0.15) is 0 Å². The largest absolute Gasteiger partial charge is 0.480 e. The fraction of sp³-hybridized carbons (Fsp3) is 0.833. The third-order valence-corrected chi connectivity index (χ3v) is 3.89. The summed E-state index contributed by atoms with van der Waals surface area (Å²) in [5.74, 6) is -0.729. The van der Waals surface area contributed by atoms with Gasteiger partial charge < -0.3 is 10.8 Å². The zero-order valence-electron chi connectivity index (χ0n) is 11.1. The third-order valence-electron chi connectivity index (χ3n) is 3.62. The van der Waals surface area contributed by atoms with Gasteiger partial charge in [-0.05, 0) is 12.8 Å². The number of hydrogen-bond donors (Lipinski definition) is 2. The molecule has 1 aliphatic rings. The molecule has 1 rings (SSSR count). The Morgan fingerprint density at radius 2 is 1.56 bits per heavy atom. The highest BCUT2D eigenvalue weighted by atomic mass is 32.1. The van der Waals surface area contributed by atoms with E-state index in [1.807, 2.05) is 11.8 Å². The van der Waals surface area contributed by atoms with Crippen LogP contribution in [0.1, 0.15) is 26.7 Å². The lowest BCUT2D eigenvalue weighted by molar-refractivity contribution is -0.144. The van der Waals surface area contributed by atoms with E-state index in [1.54, 1.807) is 0 Å². The van der Waals surface area contributed by atoms with Crippen molar-refractivity contribution in [3.63, 3.8) is 0 Å². The van der Waals surface area contributed by atoms with Gasteiger partial charge in [0.05, 0.1) is 11.0 Å². The number of nitrogens with two attached hydrogens (primary N) is 1. The second-order valence-electron chi connectivity index (χ2n) is 4.66. The quantitative estimate of drug-likeness (QED) is 0.688. The molecule has 0 bridgehead atoms. The van der Waals surface area contributed by atoms with Crippen molar-refractivity contribution in [2.45, 2.75) is 38.8 Å². The van der Waals surface area contributed by atoms with E-state index in [1.165, 1.54) is 0 Å². The number of carboxylic acids is 1. The van der Waals surface area contributed by atoms with Crippen LogP contribution in [0.15, 0.2) is 0 Å². The lowest BCUT2D eigenvalue weighted by Crippen LogP contribution is -2.56. The van der Waals surface area contributed by atoms with Gasteiger partial charge in [-0.15, -0.1) is 0 Å². The van der Waals surface area contributed by atoms with E-state index < -0.39 is 5.97 Å². The van der Waals surface area contributed by atoms with Crippen molar-refractivity contribution in [2.24, 2.45) is 5.73 Å². The first-order valence-electron chi connectivity index (χ1n) is 6.51. The average Bonchev–Trinajstić information content (AvgIpc) is 2.32. The molecule has 18 heavy (non-hydrogen) atoms. The van der Waals surface area contributed by atoms with Gasteiger partial charge >= 0.3 is 5.97 Å². The summed E-state index contributed by atoms with van der Waals surface area (Å²) in [5, 5.41) is 9.14. The lowest BCUT2D eigenvalue weighted by atomic mass is 10.1. The number of nitrogens with zero attached hydrogens (tertiary/aromatic N) is 2. The molecule has 6 heteroatoms. The fourth-order valence-electron chi connectivity index (χ4n) is 2.59. The summed E-state index contributed by atoms with van der Waals surface area (Å²) in [5.41, 5.74) is 5.73. The second kappa shape index (κ2) is 7.01. The molecule has 5 nitrogen and oxygen atoms in total. The Bertz CT molecular complexity index is 274. The average molecular weight is 273 g/mol. The minimum atomic E-state index is -0.729. The van der Waals surface area contributed by atoms with Crippen molar-refractivity contribution in [1.29, 1.82) is 0 Å². The van der Waals surface area contributed by atoms with Crippen LogP contribution in [0.25, 0.3) is 0 Å². The lowest BCUT2D eigenvalue weighted by Gasteiger charge is -2.40. The van der Waals surface area contributed by atoms with Crippen LogP contribution in [0, 0.1) is 0 Å². The Morgan fingerprint density at radius 3 is 1.83 bits per heavy atom. The maximum atomic E-state index is 11.1. The number of carbonyl (C=O) groups is 1. The van der Waals surface area contributed by atoms with E-state index in [-0.39, 0.29) is 12.1 Å². The number of thiocarbonyl (C=S) groups is 1. The molecule has 0 saturated carbocycles. The van der Waals surface area contributed by atoms with Crippen LogP contribution in [0.5, 0.6) is 0 Å². The van der Waals surface area contributed by atoms with Gasteiger partial charge in [0.15, 0.2) is 0 Å².